The largest absolute Gasteiger partial charge is 0.394 e. The van der Waals surface area contributed by atoms with Crippen molar-refractivity contribution in [3.05, 3.63) is 0 Å². The number of aliphatic hydroxyl groups excluding tert-OH is 1. The monoisotopic (exact) mass is 242 g/mol. The molecule has 5 nitrogen and oxygen atoms in total. The number of nitrogens with one attached hydrogen (secondary N) is 1. The van der Waals surface area contributed by atoms with Crippen molar-refractivity contribution in [3.63, 3.8) is 0 Å². The van der Waals surface area contributed by atoms with E-state index in [0.717, 1.165) is 6.54 Å². The number of nitrogens with zero attached hydrogens (tertiary/aromatic N) is 1. The first kappa shape index (κ1) is 12.8. The summed E-state index contributed by atoms with van der Waals surface area (Å²) in [5.74, 6) is 0.160. The van der Waals surface area contributed by atoms with Crippen molar-refractivity contribution < 1.29 is 14.6 Å². The molecule has 0 aromatic rings. The van der Waals surface area contributed by atoms with Gasteiger partial charge in [-0.2, -0.15) is 0 Å². The van der Waals surface area contributed by atoms with Crippen molar-refractivity contribution in [1.82, 2.24) is 10.2 Å². The van der Waals surface area contributed by atoms with E-state index in [0.29, 0.717) is 25.6 Å². The summed E-state index contributed by atoms with van der Waals surface area (Å²) in [6, 6.07) is 0.765. The molecule has 2 aliphatic rings. The predicted octanol–water partition coefficient (Wildman–Crippen LogP) is -0.263. The minimum absolute atomic E-state index is 0.0170. The summed E-state index contributed by atoms with van der Waals surface area (Å²) in [6.07, 6.45) is 2.81. The molecule has 1 saturated heterocycles. The van der Waals surface area contributed by atoms with E-state index in [1.807, 2.05) is 11.8 Å². The van der Waals surface area contributed by atoms with Gasteiger partial charge in [-0.1, -0.05) is 0 Å². The van der Waals surface area contributed by atoms with Crippen LogP contribution in [0, 0.1) is 0 Å². The van der Waals surface area contributed by atoms with Crippen LogP contribution in [0.5, 0.6) is 0 Å². The zero-order valence-corrected chi connectivity index (χ0v) is 10.4. The zero-order valence-electron chi connectivity index (χ0n) is 10.4. The maximum atomic E-state index is 12.0. The second-order valence-corrected chi connectivity index (χ2v) is 5.01. The minimum atomic E-state index is -0.216. The average molecular weight is 242 g/mol. The van der Waals surface area contributed by atoms with Crippen LogP contribution in [-0.4, -0.2) is 60.4 Å². The Bertz CT molecular complexity index is 268. The van der Waals surface area contributed by atoms with Crippen LogP contribution in [-0.2, 0) is 9.53 Å². The number of hydrogen-bond donors (Lipinski definition) is 2. The first-order chi connectivity index (χ1) is 8.20. The van der Waals surface area contributed by atoms with Crippen LogP contribution in [0.3, 0.4) is 0 Å². The number of amides is 1. The van der Waals surface area contributed by atoms with Crippen LogP contribution in [0.15, 0.2) is 0 Å². The van der Waals surface area contributed by atoms with E-state index >= 15 is 0 Å². The van der Waals surface area contributed by atoms with Crippen LogP contribution in [0.4, 0.5) is 0 Å². The van der Waals surface area contributed by atoms with Crippen LogP contribution >= 0.6 is 0 Å². The van der Waals surface area contributed by atoms with Gasteiger partial charge in [-0.05, 0) is 19.8 Å². The second kappa shape index (κ2) is 5.80. The highest BCUT2D eigenvalue weighted by atomic mass is 16.5. The Kier molecular flexibility index (Phi) is 4.36. The van der Waals surface area contributed by atoms with E-state index in [9.17, 15) is 4.79 Å². The average Bonchev–Trinajstić information content (AvgIpc) is 3.13. The normalized spacial score (nSPS) is 29.4. The topological polar surface area (TPSA) is 61.8 Å². The summed E-state index contributed by atoms with van der Waals surface area (Å²) < 4.78 is 5.41. The Labute approximate surface area is 102 Å². The fraction of sp³-hybridized carbons (Fsp3) is 0.917. The molecule has 1 saturated carbocycles. The number of carbonyl (C=O) groups is 1. The molecule has 2 fully saturated rings. The molecule has 1 amide bonds. The van der Waals surface area contributed by atoms with E-state index in [1.54, 1.807) is 0 Å². The molecular formula is C12H22N2O3. The Morgan fingerprint density at radius 3 is 2.94 bits per heavy atom. The number of aliphatic hydroxyl groups is 1. The summed E-state index contributed by atoms with van der Waals surface area (Å²) in [6.45, 7) is 3.76. The van der Waals surface area contributed by atoms with E-state index < -0.39 is 0 Å². The van der Waals surface area contributed by atoms with E-state index in [1.165, 1.54) is 12.8 Å². The smallest absolute Gasteiger partial charge is 0.224 e. The maximum absolute atomic E-state index is 12.0. The fourth-order valence-corrected chi connectivity index (χ4v) is 2.09. The molecule has 2 atom stereocenters. The lowest BCUT2D eigenvalue weighted by molar-refractivity contribution is -0.146. The Hall–Kier alpha value is -0.650. The standard InChI is InChI=1S/C12H22N2O3/c1-9-8-17-11(7-15)6-14(9)12(16)4-5-13-10-2-3-10/h9-11,13,15H,2-8H2,1H3. The molecule has 2 N–H and O–H groups in total. The van der Waals surface area contributed by atoms with Gasteiger partial charge in [-0.3, -0.25) is 4.79 Å². The molecule has 2 unspecified atom stereocenters. The van der Waals surface area contributed by atoms with E-state index in [4.69, 9.17) is 9.84 Å². The van der Waals surface area contributed by atoms with Crippen molar-refractivity contribution in [2.24, 2.45) is 0 Å². The van der Waals surface area contributed by atoms with Crippen molar-refractivity contribution in [2.45, 2.75) is 44.4 Å². The third kappa shape index (κ3) is 3.66. The number of morpholine rings is 1. The van der Waals surface area contributed by atoms with Crippen LogP contribution in [0.2, 0.25) is 0 Å². The molecule has 0 spiro atoms. The molecule has 0 aromatic heterocycles. The number of rotatable bonds is 5. The highest BCUT2D eigenvalue weighted by Gasteiger charge is 2.29. The minimum Gasteiger partial charge on any atom is -0.394 e. The lowest BCUT2D eigenvalue weighted by Crippen LogP contribution is -2.52. The molecule has 17 heavy (non-hydrogen) atoms. The first-order valence-electron chi connectivity index (χ1n) is 6.46. The van der Waals surface area contributed by atoms with Crippen LogP contribution in [0.25, 0.3) is 0 Å². The van der Waals surface area contributed by atoms with Crippen LogP contribution < -0.4 is 5.32 Å². The SMILES string of the molecule is CC1COC(CO)CN1C(=O)CCNC1CC1. The van der Waals surface area contributed by atoms with Gasteiger partial charge in [0.15, 0.2) is 0 Å². The third-order valence-electron chi connectivity index (χ3n) is 3.38. The molecule has 5 heteroatoms. The van der Waals surface area contributed by atoms with Crippen molar-refractivity contribution in [3.8, 4) is 0 Å². The van der Waals surface area contributed by atoms with Gasteiger partial charge in [-0.25, -0.2) is 0 Å². The second-order valence-electron chi connectivity index (χ2n) is 5.01. The highest BCUT2D eigenvalue weighted by molar-refractivity contribution is 5.76. The third-order valence-corrected chi connectivity index (χ3v) is 3.38. The van der Waals surface area contributed by atoms with E-state index in [-0.39, 0.29) is 24.7 Å². The van der Waals surface area contributed by atoms with Gasteiger partial charge in [0.25, 0.3) is 0 Å². The fourth-order valence-electron chi connectivity index (χ4n) is 2.09. The number of hydrogen-bond acceptors (Lipinski definition) is 4. The molecule has 98 valence electrons. The van der Waals surface area contributed by atoms with Crippen molar-refractivity contribution in [2.75, 3.05) is 26.3 Å². The molecule has 0 bridgehead atoms. The molecule has 0 radical (unpaired) electrons. The van der Waals surface area contributed by atoms with Gasteiger partial charge in [-0.15, -0.1) is 0 Å². The van der Waals surface area contributed by atoms with Gasteiger partial charge < -0.3 is 20.1 Å². The highest BCUT2D eigenvalue weighted by Crippen LogP contribution is 2.18. The molecule has 1 aliphatic heterocycles. The zero-order chi connectivity index (χ0) is 12.3. The molecule has 2 rings (SSSR count). The summed E-state index contributed by atoms with van der Waals surface area (Å²) in [5, 5.41) is 12.4. The Morgan fingerprint density at radius 2 is 2.29 bits per heavy atom. The first-order valence-corrected chi connectivity index (χ1v) is 6.46. The van der Waals surface area contributed by atoms with Crippen molar-refractivity contribution in [1.29, 1.82) is 0 Å². The van der Waals surface area contributed by atoms with Gasteiger partial charge >= 0.3 is 0 Å². The summed E-state index contributed by atoms with van der Waals surface area (Å²) in [4.78, 5) is 13.9. The van der Waals surface area contributed by atoms with E-state index in [2.05, 4.69) is 5.32 Å². The van der Waals surface area contributed by atoms with Gasteiger partial charge in [0.05, 0.1) is 25.4 Å². The lowest BCUT2D eigenvalue weighted by atomic mass is 10.2. The summed E-state index contributed by atoms with van der Waals surface area (Å²) in [7, 11) is 0. The van der Waals surface area contributed by atoms with Gasteiger partial charge in [0.2, 0.25) is 5.91 Å². The number of carbonyl (C=O) groups excluding carboxylic acids is 1. The predicted molar refractivity (Wildman–Crippen MR) is 63.6 cm³/mol. The molecular weight excluding hydrogens is 220 g/mol. The molecule has 0 aromatic carbocycles. The van der Waals surface area contributed by atoms with Crippen molar-refractivity contribution >= 4 is 5.91 Å². The Balaban J connectivity index is 1.74. The summed E-state index contributed by atoms with van der Waals surface area (Å²) >= 11 is 0. The molecule has 1 aliphatic carbocycles. The van der Waals surface area contributed by atoms with Gasteiger partial charge in [0.1, 0.15) is 0 Å². The Morgan fingerprint density at radius 1 is 1.53 bits per heavy atom. The molecule has 1 heterocycles. The van der Waals surface area contributed by atoms with Gasteiger partial charge in [0, 0.05) is 25.6 Å². The lowest BCUT2D eigenvalue weighted by Gasteiger charge is -2.37. The number of ether oxygens (including phenoxy) is 1. The quantitative estimate of drug-likeness (QED) is 0.697. The van der Waals surface area contributed by atoms with Crippen LogP contribution in [0.1, 0.15) is 26.2 Å². The maximum Gasteiger partial charge on any atom is 0.224 e. The summed E-state index contributed by atoms with van der Waals surface area (Å²) in [5.41, 5.74) is 0.